The number of hydrogen-bond acceptors (Lipinski definition) is 1. The molecule has 0 aromatic heterocycles. The average molecular weight is 1320 g/mol. The molecular weight excluding hydrogens is 1130 g/mol. The first kappa shape index (κ1) is 92.0. The van der Waals surface area contributed by atoms with E-state index in [0.717, 1.165) is 24.4 Å². The summed E-state index contributed by atoms with van der Waals surface area (Å²) in [5.74, 6) is 2.49. The summed E-state index contributed by atoms with van der Waals surface area (Å²) >= 11 is 0. The maximum Gasteiger partial charge on any atom is 0.0606 e. The van der Waals surface area contributed by atoms with E-state index >= 15 is 0 Å². The first-order chi connectivity index (χ1) is 46.6. The van der Waals surface area contributed by atoms with Gasteiger partial charge in [-0.15, -0.1) is 0 Å². The molecule has 1 rings (SSSR count). The average Bonchev–Trinajstić information content (AvgIpc) is 0.801. The monoisotopic (exact) mass is 1320 g/mol. The Bertz CT molecular complexity index is 1310. The second-order valence-electron chi connectivity index (χ2n) is 33.2. The Labute approximate surface area is 598 Å². The largest absolute Gasteiger partial charge is 0.378 e. The highest BCUT2D eigenvalue weighted by Gasteiger charge is 2.45. The molecule has 0 amide bonds. The summed E-state index contributed by atoms with van der Waals surface area (Å²) < 4.78 is 7.30. The third-order valence-corrected chi connectivity index (χ3v) is 24.3. The third kappa shape index (κ3) is 59.6. The fourth-order valence-corrected chi connectivity index (χ4v) is 18.0. The Morgan fingerprint density at radius 3 is 0.649 bits per heavy atom. The zero-order chi connectivity index (χ0) is 67.5. The molecule has 0 aliphatic carbocycles. The number of rotatable bonds is 82. The highest BCUT2D eigenvalue weighted by molar-refractivity contribution is 4.95. The third-order valence-electron chi connectivity index (χ3n) is 24.3. The SMILES string of the molecule is CCCCCCCCCCCCCCCCC(CCCCCCCCCCCCC)(CCCCCCCCCCCCCCCC)C(CCCCCCCCCCCCC)C(CCCCCCCCCCCCC)C(CCCCCCCCCCCCC)C1CCCCO1. The van der Waals surface area contributed by atoms with Crippen LogP contribution in [0.25, 0.3) is 0 Å². The summed E-state index contributed by atoms with van der Waals surface area (Å²) in [6.45, 7) is 15.2. The lowest BCUT2D eigenvalue weighted by Gasteiger charge is -2.50. The van der Waals surface area contributed by atoms with Gasteiger partial charge >= 0.3 is 0 Å². The standard InChI is InChI=1S/C93H186O/c1-7-13-19-25-31-37-43-45-47-53-59-65-71-78-86-93(85-77-70-64-58-52-42-36-30-24-18-12-6,87-79-72-66-60-54-48-46-44-38-32-26-20-14-8-2)91(83-75-69-63-57-51-41-35-29-23-17-11-5)89(81-73-67-61-55-49-39-33-27-21-15-9-3)90(92-84-76-80-88-94-92)82-74-68-62-56-50-40-34-28-22-16-10-4/h89-92H,7-88H2,1-6H3. The van der Waals surface area contributed by atoms with Gasteiger partial charge < -0.3 is 4.74 Å². The Balaban J connectivity index is 3.77. The number of ether oxygens (including phenoxy) is 1. The van der Waals surface area contributed by atoms with Gasteiger partial charge in [-0.2, -0.15) is 0 Å². The van der Waals surface area contributed by atoms with E-state index in [1.165, 1.54) is 501 Å². The summed E-state index contributed by atoms with van der Waals surface area (Å²) in [4.78, 5) is 0. The molecule has 0 aromatic rings. The molecule has 1 heteroatoms. The van der Waals surface area contributed by atoms with Crippen molar-refractivity contribution >= 4 is 0 Å². The number of hydrogen-bond donors (Lipinski definition) is 0. The van der Waals surface area contributed by atoms with Crippen LogP contribution in [0.2, 0.25) is 0 Å². The Kier molecular flexibility index (Phi) is 75.5. The van der Waals surface area contributed by atoms with Crippen molar-refractivity contribution in [3.05, 3.63) is 0 Å². The van der Waals surface area contributed by atoms with E-state index in [2.05, 4.69) is 41.5 Å². The summed E-state index contributed by atoms with van der Waals surface area (Å²) in [5, 5.41) is 0. The Morgan fingerprint density at radius 1 is 0.223 bits per heavy atom. The van der Waals surface area contributed by atoms with Crippen molar-refractivity contribution in [2.45, 2.75) is 568 Å². The molecule has 1 nitrogen and oxygen atoms in total. The van der Waals surface area contributed by atoms with E-state index in [0.29, 0.717) is 11.5 Å². The molecule has 1 fully saturated rings. The van der Waals surface area contributed by atoms with Gasteiger partial charge in [-0.25, -0.2) is 0 Å². The van der Waals surface area contributed by atoms with E-state index < -0.39 is 0 Å². The Morgan fingerprint density at radius 2 is 0.426 bits per heavy atom. The van der Waals surface area contributed by atoms with Gasteiger partial charge in [0, 0.05) is 6.61 Å². The predicted octanol–water partition coefficient (Wildman–Crippen LogP) is 34.9. The molecule has 94 heavy (non-hydrogen) atoms. The molecule has 0 radical (unpaired) electrons. The maximum absolute atomic E-state index is 7.30. The molecule has 0 spiro atoms. The molecule has 0 N–H and O–H groups in total. The normalized spacial score (nSPS) is 14.8. The summed E-state index contributed by atoms with van der Waals surface area (Å²) in [5.41, 5.74) is 0.499. The quantitative estimate of drug-likeness (QED) is 0.0552. The van der Waals surface area contributed by atoms with Crippen LogP contribution in [0.15, 0.2) is 0 Å². The van der Waals surface area contributed by atoms with Crippen LogP contribution >= 0.6 is 0 Å². The fourth-order valence-electron chi connectivity index (χ4n) is 18.0. The molecule has 1 saturated heterocycles. The highest BCUT2D eigenvalue weighted by Crippen LogP contribution is 2.54. The van der Waals surface area contributed by atoms with E-state index in [-0.39, 0.29) is 0 Å². The van der Waals surface area contributed by atoms with Crippen LogP contribution in [0.1, 0.15) is 562 Å². The molecule has 1 aliphatic rings. The van der Waals surface area contributed by atoms with Crippen molar-refractivity contribution < 1.29 is 4.74 Å². The zero-order valence-electron chi connectivity index (χ0n) is 67.2. The van der Waals surface area contributed by atoms with E-state index in [1.807, 2.05) is 0 Å². The van der Waals surface area contributed by atoms with Crippen LogP contribution in [-0.4, -0.2) is 12.7 Å². The summed E-state index contributed by atoms with van der Waals surface area (Å²) in [7, 11) is 0. The van der Waals surface area contributed by atoms with Gasteiger partial charge in [0.2, 0.25) is 0 Å². The van der Waals surface area contributed by atoms with Crippen LogP contribution in [0, 0.1) is 23.2 Å². The minimum Gasteiger partial charge on any atom is -0.378 e. The minimum absolute atomic E-state index is 0.499. The van der Waals surface area contributed by atoms with Gasteiger partial charge in [0.25, 0.3) is 0 Å². The van der Waals surface area contributed by atoms with Crippen molar-refractivity contribution in [2.24, 2.45) is 23.2 Å². The van der Waals surface area contributed by atoms with Gasteiger partial charge in [-0.05, 0) is 81.0 Å². The van der Waals surface area contributed by atoms with Crippen LogP contribution in [0.3, 0.4) is 0 Å². The second kappa shape index (κ2) is 77.1. The van der Waals surface area contributed by atoms with Gasteiger partial charge in [0.05, 0.1) is 6.10 Å². The molecule has 4 atom stereocenters. The van der Waals surface area contributed by atoms with Gasteiger partial charge in [0.1, 0.15) is 0 Å². The van der Waals surface area contributed by atoms with Crippen molar-refractivity contribution in [3.8, 4) is 0 Å². The van der Waals surface area contributed by atoms with E-state index in [4.69, 9.17) is 4.74 Å². The summed E-state index contributed by atoms with van der Waals surface area (Å²) in [6, 6.07) is 0. The van der Waals surface area contributed by atoms with Crippen LogP contribution in [-0.2, 0) is 4.74 Å². The predicted molar refractivity (Wildman–Crippen MR) is 431 cm³/mol. The van der Waals surface area contributed by atoms with Crippen LogP contribution in [0.4, 0.5) is 0 Å². The number of unbranched alkanes of at least 4 members (excludes halogenated alkanes) is 66. The fraction of sp³-hybridized carbons (Fsp3) is 1.00. The van der Waals surface area contributed by atoms with Crippen molar-refractivity contribution in [2.75, 3.05) is 6.61 Å². The zero-order valence-corrected chi connectivity index (χ0v) is 67.2. The lowest BCUT2D eigenvalue weighted by atomic mass is 9.56. The topological polar surface area (TPSA) is 9.23 Å². The molecule has 4 unspecified atom stereocenters. The van der Waals surface area contributed by atoms with E-state index in [9.17, 15) is 0 Å². The highest BCUT2D eigenvalue weighted by atomic mass is 16.5. The van der Waals surface area contributed by atoms with Crippen LogP contribution in [0.5, 0.6) is 0 Å². The smallest absolute Gasteiger partial charge is 0.0606 e. The molecule has 564 valence electrons. The lowest BCUT2D eigenvalue weighted by Crippen LogP contribution is -2.43. The van der Waals surface area contributed by atoms with Crippen molar-refractivity contribution in [3.63, 3.8) is 0 Å². The van der Waals surface area contributed by atoms with Gasteiger partial charge in [-0.3, -0.25) is 0 Å². The lowest BCUT2D eigenvalue weighted by molar-refractivity contribution is -0.0734. The second-order valence-corrected chi connectivity index (χ2v) is 33.2. The summed E-state index contributed by atoms with van der Waals surface area (Å²) in [6.07, 6.45) is 120. The maximum atomic E-state index is 7.30. The van der Waals surface area contributed by atoms with Crippen molar-refractivity contribution in [1.29, 1.82) is 0 Å². The van der Waals surface area contributed by atoms with E-state index in [1.54, 1.807) is 19.3 Å². The molecular formula is C93H186O. The van der Waals surface area contributed by atoms with Crippen LogP contribution < -0.4 is 0 Å². The van der Waals surface area contributed by atoms with Crippen molar-refractivity contribution in [1.82, 2.24) is 0 Å². The molecule has 0 bridgehead atoms. The first-order valence-corrected chi connectivity index (χ1v) is 46.2. The molecule has 0 aromatic carbocycles. The minimum atomic E-state index is 0.499. The molecule has 1 aliphatic heterocycles. The first-order valence-electron chi connectivity index (χ1n) is 46.2. The van der Waals surface area contributed by atoms with Gasteiger partial charge in [-0.1, -0.05) is 504 Å². The molecule has 1 heterocycles. The molecule has 0 saturated carbocycles. The van der Waals surface area contributed by atoms with Gasteiger partial charge in [0.15, 0.2) is 0 Å². The Hall–Kier alpha value is -0.0400.